The Balaban J connectivity index is 0.000000217. The average molecular weight is 270 g/mol. The molecule has 2 aromatic rings. The van der Waals surface area contributed by atoms with Crippen LogP contribution in [0.5, 0.6) is 0 Å². The van der Waals surface area contributed by atoms with E-state index >= 15 is 0 Å². The fraction of sp³-hybridized carbons (Fsp3) is 0.176. The van der Waals surface area contributed by atoms with Crippen LogP contribution in [0.25, 0.3) is 0 Å². The van der Waals surface area contributed by atoms with Crippen LogP contribution in [0.4, 0.5) is 0 Å². The largest absolute Gasteiger partial charge is 0.466 e. The molecule has 0 bridgehead atoms. The highest BCUT2D eigenvalue weighted by Gasteiger charge is 2.01. The molecule has 0 saturated carbocycles. The Morgan fingerprint density at radius 3 is 2.00 bits per heavy atom. The highest BCUT2D eigenvalue weighted by molar-refractivity contribution is 5.74. The van der Waals surface area contributed by atoms with Crippen LogP contribution in [-0.2, 0) is 16.0 Å². The first-order chi connectivity index (χ1) is 9.76. The Bertz CT molecular complexity index is 506. The van der Waals surface area contributed by atoms with Crippen molar-refractivity contribution in [1.29, 1.82) is 0 Å². The normalized spacial score (nSPS) is 9.05. The van der Waals surface area contributed by atoms with Crippen LogP contribution in [0.3, 0.4) is 0 Å². The number of hydrogen-bond acceptors (Lipinski definition) is 3. The SMILES string of the molecule is CCOC(=O)Cc1ccccc1.O=Cc1ccccc1. The van der Waals surface area contributed by atoms with Crippen molar-refractivity contribution >= 4 is 12.3 Å². The fourth-order valence-corrected chi connectivity index (χ4v) is 1.51. The Labute approximate surface area is 119 Å². The standard InChI is InChI=1S/C10H12O2.C7H6O/c1-2-12-10(11)8-9-6-4-3-5-7-9;8-6-7-4-2-1-3-5-7/h3-7H,2,8H2,1H3;1-6H. The molecule has 0 heterocycles. The van der Waals surface area contributed by atoms with Gasteiger partial charge in [-0.3, -0.25) is 9.59 Å². The van der Waals surface area contributed by atoms with Crippen LogP contribution in [0, 0.1) is 0 Å². The molecule has 0 radical (unpaired) electrons. The topological polar surface area (TPSA) is 43.4 Å². The molecule has 0 N–H and O–H groups in total. The molecule has 3 nitrogen and oxygen atoms in total. The lowest BCUT2D eigenvalue weighted by atomic mass is 10.2. The van der Waals surface area contributed by atoms with Crippen LogP contribution in [-0.4, -0.2) is 18.9 Å². The van der Waals surface area contributed by atoms with E-state index in [9.17, 15) is 9.59 Å². The number of ether oxygens (including phenoxy) is 1. The first-order valence-corrected chi connectivity index (χ1v) is 6.46. The number of aldehydes is 1. The van der Waals surface area contributed by atoms with E-state index in [1.54, 1.807) is 12.1 Å². The molecular formula is C17H18O3. The second-order valence-electron chi connectivity index (χ2n) is 4.00. The maximum atomic E-state index is 11.0. The van der Waals surface area contributed by atoms with Crippen molar-refractivity contribution in [2.24, 2.45) is 0 Å². The van der Waals surface area contributed by atoms with Gasteiger partial charge in [-0.15, -0.1) is 0 Å². The molecule has 0 aliphatic heterocycles. The Hall–Kier alpha value is -2.42. The number of carbonyl (C=O) groups excluding carboxylic acids is 2. The third kappa shape index (κ3) is 6.50. The molecule has 3 heteroatoms. The quantitative estimate of drug-likeness (QED) is 0.632. The van der Waals surface area contributed by atoms with Crippen molar-refractivity contribution in [3.05, 3.63) is 71.8 Å². The summed E-state index contributed by atoms with van der Waals surface area (Å²) in [5.41, 5.74) is 1.73. The Kier molecular flexibility index (Phi) is 7.43. The molecule has 0 fully saturated rings. The average Bonchev–Trinajstić information content (AvgIpc) is 2.50. The van der Waals surface area contributed by atoms with Crippen molar-refractivity contribution < 1.29 is 14.3 Å². The number of hydrogen-bond donors (Lipinski definition) is 0. The van der Waals surface area contributed by atoms with Gasteiger partial charge in [-0.2, -0.15) is 0 Å². The predicted octanol–water partition coefficient (Wildman–Crippen LogP) is 3.29. The summed E-state index contributed by atoms with van der Waals surface area (Å²) in [5, 5.41) is 0. The van der Waals surface area contributed by atoms with Gasteiger partial charge < -0.3 is 4.74 Å². The van der Waals surface area contributed by atoms with Gasteiger partial charge in [0.15, 0.2) is 0 Å². The van der Waals surface area contributed by atoms with E-state index in [0.717, 1.165) is 17.4 Å². The van der Waals surface area contributed by atoms with Crippen LogP contribution in [0.15, 0.2) is 60.7 Å². The zero-order chi connectivity index (χ0) is 14.6. The maximum Gasteiger partial charge on any atom is 0.310 e. The summed E-state index contributed by atoms with van der Waals surface area (Å²) in [7, 11) is 0. The zero-order valence-electron chi connectivity index (χ0n) is 11.5. The van der Waals surface area contributed by atoms with Crippen molar-refractivity contribution in [2.45, 2.75) is 13.3 Å². The smallest absolute Gasteiger partial charge is 0.310 e. The zero-order valence-corrected chi connectivity index (χ0v) is 11.5. The molecule has 0 spiro atoms. The van der Waals surface area contributed by atoms with E-state index in [1.165, 1.54) is 0 Å². The van der Waals surface area contributed by atoms with Gasteiger partial charge in [-0.25, -0.2) is 0 Å². The number of carbonyl (C=O) groups is 2. The molecule has 0 atom stereocenters. The fourth-order valence-electron chi connectivity index (χ4n) is 1.51. The van der Waals surface area contributed by atoms with Gasteiger partial charge >= 0.3 is 5.97 Å². The minimum Gasteiger partial charge on any atom is -0.466 e. The first-order valence-electron chi connectivity index (χ1n) is 6.46. The molecule has 2 aromatic carbocycles. The minimum absolute atomic E-state index is 0.163. The summed E-state index contributed by atoms with van der Waals surface area (Å²) in [6, 6.07) is 18.7. The molecule has 0 amide bonds. The van der Waals surface area contributed by atoms with Gasteiger partial charge in [0, 0.05) is 5.56 Å². The second-order valence-corrected chi connectivity index (χ2v) is 4.00. The molecule has 0 aliphatic rings. The van der Waals surface area contributed by atoms with Crippen LogP contribution in [0.1, 0.15) is 22.8 Å². The summed E-state index contributed by atoms with van der Waals surface area (Å²) in [4.78, 5) is 21.0. The van der Waals surface area contributed by atoms with Gasteiger partial charge in [-0.05, 0) is 12.5 Å². The van der Waals surface area contributed by atoms with E-state index in [2.05, 4.69) is 0 Å². The number of rotatable bonds is 4. The first kappa shape index (κ1) is 15.6. The van der Waals surface area contributed by atoms with Crippen molar-refractivity contribution in [1.82, 2.24) is 0 Å². The van der Waals surface area contributed by atoms with Crippen LogP contribution < -0.4 is 0 Å². The van der Waals surface area contributed by atoms with Gasteiger partial charge in [0.25, 0.3) is 0 Å². The highest BCUT2D eigenvalue weighted by Crippen LogP contribution is 2.00. The third-order valence-electron chi connectivity index (χ3n) is 2.43. The monoisotopic (exact) mass is 270 g/mol. The molecule has 20 heavy (non-hydrogen) atoms. The van der Waals surface area contributed by atoms with Gasteiger partial charge in [0.2, 0.25) is 0 Å². The summed E-state index contributed by atoms with van der Waals surface area (Å²) >= 11 is 0. The van der Waals surface area contributed by atoms with Crippen molar-refractivity contribution in [3.8, 4) is 0 Å². The molecule has 0 aliphatic carbocycles. The lowest BCUT2D eigenvalue weighted by Crippen LogP contribution is -2.06. The lowest BCUT2D eigenvalue weighted by molar-refractivity contribution is -0.142. The Morgan fingerprint density at radius 2 is 1.55 bits per heavy atom. The predicted molar refractivity (Wildman–Crippen MR) is 78.6 cm³/mol. The Morgan fingerprint density at radius 1 is 1.00 bits per heavy atom. The molecule has 0 unspecified atom stereocenters. The second kappa shape index (κ2) is 9.50. The lowest BCUT2D eigenvalue weighted by Gasteiger charge is -2.00. The van der Waals surface area contributed by atoms with Gasteiger partial charge in [0.05, 0.1) is 13.0 Å². The summed E-state index contributed by atoms with van der Waals surface area (Å²) in [6.07, 6.45) is 1.20. The molecule has 2 rings (SSSR count). The number of benzene rings is 2. The molecule has 104 valence electrons. The van der Waals surface area contributed by atoms with E-state index < -0.39 is 0 Å². The molecular weight excluding hydrogens is 252 g/mol. The van der Waals surface area contributed by atoms with Crippen LogP contribution >= 0.6 is 0 Å². The molecule has 0 aromatic heterocycles. The van der Waals surface area contributed by atoms with Crippen molar-refractivity contribution in [2.75, 3.05) is 6.61 Å². The van der Waals surface area contributed by atoms with E-state index in [1.807, 2.05) is 55.5 Å². The minimum atomic E-state index is -0.163. The summed E-state index contributed by atoms with van der Waals surface area (Å²) < 4.78 is 4.81. The summed E-state index contributed by atoms with van der Waals surface area (Å²) in [6.45, 7) is 2.26. The van der Waals surface area contributed by atoms with E-state index in [0.29, 0.717) is 13.0 Å². The highest BCUT2D eigenvalue weighted by atomic mass is 16.5. The maximum absolute atomic E-state index is 11.0. The van der Waals surface area contributed by atoms with Crippen LogP contribution in [0.2, 0.25) is 0 Å². The van der Waals surface area contributed by atoms with Crippen molar-refractivity contribution in [3.63, 3.8) is 0 Å². The van der Waals surface area contributed by atoms with E-state index in [4.69, 9.17) is 4.74 Å². The van der Waals surface area contributed by atoms with E-state index in [-0.39, 0.29) is 5.97 Å². The third-order valence-corrected chi connectivity index (χ3v) is 2.43. The summed E-state index contributed by atoms with van der Waals surface area (Å²) in [5.74, 6) is -0.163. The molecule has 0 saturated heterocycles. The number of esters is 1. The van der Waals surface area contributed by atoms with Gasteiger partial charge in [0.1, 0.15) is 6.29 Å². The van der Waals surface area contributed by atoms with Gasteiger partial charge in [-0.1, -0.05) is 60.7 Å².